The highest BCUT2D eigenvalue weighted by atomic mass is 16.5. The van der Waals surface area contributed by atoms with Crippen LogP contribution in [0.25, 0.3) is 0 Å². The number of carbonyl (C=O) groups excluding carboxylic acids is 2. The second-order valence-corrected chi connectivity index (χ2v) is 4.86. The van der Waals surface area contributed by atoms with Crippen LogP contribution < -0.4 is 4.90 Å². The summed E-state index contributed by atoms with van der Waals surface area (Å²) in [5.74, 6) is -0.343. The Morgan fingerprint density at radius 3 is 2.84 bits per heavy atom. The number of anilines is 1. The van der Waals surface area contributed by atoms with Crippen molar-refractivity contribution in [3.8, 4) is 0 Å². The number of ether oxygens (including phenoxy) is 1. The van der Waals surface area contributed by atoms with Gasteiger partial charge in [-0.3, -0.25) is 9.59 Å². The molecule has 1 heterocycles. The zero-order valence-electron chi connectivity index (χ0n) is 11.4. The maximum absolute atomic E-state index is 12.2. The number of aryl methyl sites for hydroxylation is 2. The molecule has 0 fully saturated rings. The van der Waals surface area contributed by atoms with E-state index in [2.05, 4.69) is 17.7 Å². The Labute approximate surface area is 113 Å². The predicted molar refractivity (Wildman–Crippen MR) is 73.1 cm³/mol. The van der Waals surface area contributed by atoms with Gasteiger partial charge in [0.2, 0.25) is 5.91 Å². The summed E-state index contributed by atoms with van der Waals surface area (Å²) in [6.07, 6.45) is 2.34. The molecular weight excluding hydrogens is 242 g/mol. The van der Waals surface area contributed by atoms with Gasteiger partial charge in [0.25, 0.3) is 0 Å². The smallest absolute Gasteiger partial charge is 0.306 e. The molecule has 1 aliphatic heterocycles. The lowest BCUT2D eigenvalue weighted by molar-refractivity contribution is -0.141. The van der Waals surface area contributed by atoms with Crippen molar-refractivity contribution < 1.29 is 14.3 Å². The minimum Gasteiger partial charge on any atom is -0.469 e. The summed E-state index contributed by atoms with van der Waals surface area (Å²) in [7, 11) is 1.34. The monoisotopic (exact) mass is 261 g/mol. The van der Waals surface area contributed by atoms with Gasteiger partial charge in [0.1, 0.15) is 0 Å². The van der Waals surface area contributed by atoms with Gasteiger partial charge < -0.3 is 9.64 Å². The molecule has 0 spiro atoms. The van der Waals surface area contributed by atoms with Gasteiger partial charge >= 0.3 is 5.97 Å². The van der Waals surface area contributed by atoms with E-state index < -0.39 is 0 Å². The molecule has 0 atom stereocenters. The molecule has 1 aromatic carbocycles. The number of amides is 1. The fourth-order valence-corrected chi connectivity index (χ4v) is 2.43. The maximum Gasteiger partial charge on any atom is 0.306 e. The van der Waals surface area contributed by atoms with Crippen molar-refractivity contribution in [1.82, 2.24) is 0 Å². The van der Waals surface area contributed by atoms with Crippen molar-refractivity contribution >= 4 is 17.6 Å². The molecule has 19 heavy (non-hydrogen) atoms. The first-order chi connectivity index (χ1) is 9.11. The van der Waals surface area contributed by atoms with Gasteiger partial charge in [-0.1, -0.05) is 17.7 Å². The van der Waals surface area contributed by atoms with Crippen molar-refractivity contribution in [2.24, 2.45) is 0 Å². The topological polar surface area (TPSA) is 46.6 Å². The third-order valence-corrected chi connectivity index (χ3v) is 3.43. The van der Waals surface area contributed by atoms with Crippen LogP contribution in [0.2, 0.25) is 0 Å². The summed E-state index contributed by atoms with van der Waals surface area (Å²) in [5.41, 5.74) is 3.42. The number of rotatable bonds is 3. The van der Waals surface area contributed by atoms with E-state index in [4.69, 9.17) is 0 Å². The van der Waals surface area contributed by atoms with E-state index in [-0.39, 0.29) is 24.7 Å². The highest BCUT2D eigenvalue weighted by molar-refractivity contribution is 5.96. The Morgan fingerprint density at radius 2 is 2.11 bits per heavy atom. The zero-order chi connectivity index (χ0) is 13.8. The van der Waals surface area contributed by atoms with Crippen molar-refractivity contribution in [1.29, 1.82) is 0 Å². The molecule has 0 aliphatic carbocycles. The standard InChI is InChI=1S/C15H19NO3/c1-11-5-6-13-12(10-11)4-3-9-16(13)14(17)7-8-15(18)19-2/h5-6,10H,3-4,7-9H2,1-2H3. The SMILES string of the molecule is COC(=O)CCC(=O)N1CCCc2cc(C)ccc21. The van der Waals surface area contributed by atoms with E-state index in [9.17, 15) is 9.59 Å². The van der Waals surface area contributed by atoms with Gasteiger partial charge in [-0.15, -0.1) is 0 Å². The number of hydrogen-bond acceptors (Lipinski definition) is 3. The summed E-state index contributed by atoms with van der Waals surface area (Å²) in [6.45, 7) is 2.79. The molecule has 0 bridgehead atoms. The van der Waals surface area contributed by atoms with Gasteiger partial charge in [-0.05, 0) is 31.4 Å². The molecular formula is C15H19NO3. The van der Waals surface area contributed by atoms with Crippen molar-refractivity contribution in [2.45, 2.75) is 32.6 Å². The summed E-state index contributed by atoms with van der Waals surface area (Å²) >= 11 is 0. The van der Waals surface area contributed by atoms with Gasteiger partial charge in [0, 0.05) is 18.7 Å². The number of esters is 1. The zero-order valence-corrected chi connectivity index (χ0v) is 11.4. The molecule has 1 amide bonds. The minimum atomic E-state index is -0.338. The Hall–Kier alpha value is -1.84. The Morgan fingerprint density at radius 1 is 1.32 bits per heavy atom. The Bertz CT molecular complexity index is 496. The first kappa shape index (κ1) is 13.6. The van der Waals surface area contributed by atoms with Crippen LogP contribution in [0.3, 0.4) is 0 Å². The van der Waals surface area contributed by atoms with E-state index in [0.29, 0.717) is 0 Å². The molecule has 4 heteroatoms. The number of hydrogen-bond donors (Lipinski definition) is 0. The van der Waals surface area contributed by atoms with Crippen LogP contribution in [0.1, 0.15) is 30.4 Å². The number of nitrogens with zero attached hydrogens (tertiary/aromatic N) is 1. The highest BCUT2D eigenvalue weighted by Gasteiger charge is 2.22. The number of fused-ring (bicyclic) bond motifs is 1. The number of benzene rings is 1. The molecule has 0 saturated heterocycles. The van der Waals surface area contributed by atoms with Gasteiger partial charge in [-0.2, -0.15) is 0 Å². The lowest BCUT2D eigenvalue weighted by Crippen LogP contribution is -2.35. The molecule has 1 aliphatic rings. The van der Waals surface area contributed by atoms with E-state index in [1.54, 1.807) is 4.90 Å². The van der Waals surface area contributed by atoms with Crippen LogP contribution in [0.15, 0.2) is 18.2 Å². The third-order valence-electron chi connectivity index (χ3n) is 3.43. The second kappa shape index (κ2) is 5.87. The number of carbonyl (C=O) groups is 2. The van der Waals surface area contributed by atoms with Crippen LogP contribution in [0, 0.1) is 6.92 Å². The molecule has 0 N–H and O–H groups in total. The van der Waals surface area contributed by atoms with Gasteiger partial charge in [-0.25, -0.2) is 0 Å². The minimum absolute atomic E-state index is 0.00444. The van der Waals surface area contributed by atoms with Crippen molar-refractivity contribution in [2.75, 3.05) is 18.6 Å². The third kappa shape index (κ3) is 3.13. The van der Waals surface area contributed by atoms with E-state index in [1.807, 2.05) is 12.1 Å². The molecule has 4 nitrogen and oxygen atoms in total. The lowest BCUT2D eigenvalue weighted by Gasteiger charge is -2.29. The summed E-state index contributed by atoms with van der Waals surface area (Å²) in [4.78, 5) is 25.1. The second-order valence-electron chi connectivity index (χ2n) is 4.86. The average Bonchev–Trinajstić information content (AvgIpc) is 2.43. The largest absolute Gasteiger partial charge is 0.469 e. The van der Waals surface area contributed by atoms with E-state index in [1.165, 1.54) is 18.2 Å². The van der Waals surface area contributed by atoms with Crippen LogP contribution in [-0.4, -0.2) is 25.5 Å². The summed E-state index contributed by atoms with van der Waals surface area (Å²) in [6, 6.07) is 6.15. The molecule has 0 radical (unpaired) electrons. The van der Waals surface area contributed by atoms with E-state index in [0.717, 1.165) is 25.1 Å². The average molecular weight is 261 g/mol. The molecule has 2 rings (SSSR count). The van der Waals surface area contributed by atoms with Crippen LogP contribution >= 0.6 is 0 Å². The van der Waals surface area contributed by atoms with E-state index >= 15 is 0 Å². The van der Waals surface area contributed by atoms with Gasteiger partial charge in [0.15, 0.2) is 0 Å². The molecule has 1 aromatic rings. The van der Waals surface area contributed by atoms with Gasteiger partial charge in [0.05, 0.1) is 13.5 Å². The summed E-state index contributed by atoms with van der Waals surface area (Å²) < 4.78 is 4.56. The highest BCUT2D eigenvalue weighted by Crippen LogP contribution is 2.28. The van der Waals surface area contributed by atoms with Crippen LogP contribution in [0.4, 0.5) is 5.69 Å². The molecule has 0 aromatic heterocycles. The Kier molecular flexibility index (Phi) is 4.20. The quantitative estimate of drug-likeness (QED) is 0.784. The fourth-order valence-electron chi connectivity index (χ4n) is 2.43. The van der Waals surface area contributed by atoms with Crippen LogP contribution in [0.5, 0.6) is 0 Å². The first-order valence-corrected chi connectivity index (χ1v) is 6.58. The predicted octanol–water partition coefficient (Wildman–Crippen LogP) is 2.23. The lowest BCUT2D eigenvalue weighted by atomic mass is 9.99. The summed E-state index contributed by atoms with van der Waals surface area (Å²) in [5, 5.41) is 0. The molecule has 0 unspecified atom stereocenters. The molecule has 0 saturated carbocycles. The van der Waals surface area contributed by atoms with Crippen molar-refractivity contribution in [3.05, 3.63) is 29.3 Å². The first-order valence-electron chi connectivity index (χ1n) is 6.58. The van der Waals surface area contributed by atoms with Crippen LogP contribution in [-0.2, 0) is 20.7 Å². The Balaban J connectivity index is 2.10. The normalized spacial score (nSPS) is 13.9. The van der Waals surface area contributed by atoms with Crippen molar-refractivity contribution in [3.63, 3.8) is 0 Å². The fraction of sp³-hybridized carbons (Fsp3) is 0.467. The maximum atomic E-state index is 12.2. The number of methoxy groups -OCH3 is 1. The molecule has 102 valence electrons.